The summed E-state index contributed by atoms with van der Waals surface area (Å²) < 4.78 is 0.969. The van der Waals surface area contributed by atoms with Gasteiger partial charge in [-0.1, -0.05) is 18.2 Å². The van der Waals surface area contributed by atoms with Crippen molar-refractivity contribution < 1.29 is 9.59 Å². The molecule has 0 aliphatic carbocycles. The summed E-state index contributed by atoms with van der Waals surface area (Å²) in [6, 6.07) is 12.1. The summed E-state index contributed by atoms with van der Waals surface area (Å²) in [6.07, 6.45) is 2.18. The van der Waals surface area contributed by atoms with Crippen LogP contribution in [0.25, 0.3) is 10.9 Å². The highest BCUT2D eigenvalue weighted by Gasteiger charge is 2.25. The lowest BCUT2D eigenvalue weighted by atomic mass is 10.1. The third-order valence-corrected chi connectivity index (χ3v) is 5.31. The van der Waals surface area contributed by atoms with Crippen LogP contribution in [0.2, 0.25) is 0 Å². The predicted octanol–water partition coefficient (Wildman–Crippen LogP) is 1.98. The van der Waals surface area contributed by atoms with Gasteiger partial charge in [0.25, 0.3) is 11.5 Å². The van der Waals surface area contributed by atoms with Crippen molar-refractivity contribution in [1.29, 1.82) is 0 Å². The lowest BCUT2D eigenvalue weighted by Crippen LogP contribution is -2.43. The molecule has 3 rings (SSSR count). The van der Waals surface area contributed by atoms with Gasteiger partial charge in [-0.25, -0.2) is 9.36 Å². The molecule has 2 aromatic carbocycles. The first-order chi connectivity index (χ1) is 14.5. The smallest absolute Gasteiger partial charge is 0.329 e. The monoisotopic (exact) mass is 426 g/mol. The average Bonchev–Trinajstić information content (AvgIpc) is 2.75. The van der Waals surface area contributed by atoms with Crippen molar-refractivity contribution >= 4 is 40.2 Å². The minimum absolute atomic E-state index is 0.285. The Bertz CT molecular complexity index is 1200. The maximum absolute atomic E-state index is 13.1. The summed E-state index contributed by atoms with van der Waals surface area (Å²) >= 11 is 1.51. The van der Waals surface area contributed by atoms with Crippen molar-refractivity contribution in [2.75, 3.05) is 24.4 Å². The molecule has 3 aromatic rings. The maximum atomic E-state index is 13.1. The van der Waals surface area contributed by atoms with Gasteiger partial charge in [0.2, 0.25) is 5.91 Å². The number of aromatic nitrogens is 2. The average molecular weight is 426 g/mol. The van der Waals surface area contributed by atoms with Gasteiger partial charge >= 0.3 is 5.69 Å². The molecule has 156 valence electrons. The second kappa shape index (κ2) is 9.45. The Morgan fingerprint density at radius 3 is 2.63 bits per heavy atom. The molecule has 9 heteroatoms. The van der Waals surface area contributed by atoms with E-state index in [1.54, 1.807) is 42.5 Å². The van der Waals surface area contributed by atoms with Crippen LogP contribution in [0, 0.1) is 0 Å². The highest BCUT2D eigenvalue weighted by atomic mass is 32.2. The van der Waals surface area contributed by atoms with E-state index in [9.17, 15) is 19.2 Å². The molecular formula is C21H22N4O4S. The minimum Gasteiger partial charge on any atom is -0.355 e. The standard InChI is InChI=1S/C21H22N4O4S/c1-22-18(26)13-6-5-7-14(12-13)23-19(27)17(10-11-30-2)25-20(28)15-8-3-4-9-16(15)24-21(25)29/h3-9,12,17H,10-11H2,1-2H3,(H,22,26)(H,23,27)(H,24,29)/t17-/m0/s1. The molecule has 3 N–H and O–H groups in total. The molecule has 0 aliphatic rings. The van der Waals surface area contributed by atoms with E-state index >= 15 is 0 Å². The van der Waals surface area contributed by atoms with Crippen molar-refractivity contribution in [2.45, 2.75) is 12.5 Å². The number of nitrogens with zero attached hydrogens (tertiary/aromatic N) is 1. The van der Waals surface area contributed by atoms with Gasteiger partial charge in [-0.05, 0) is 48.8 Å². The largest absolute Gasteiger partial charge is 0.355 e. The predicted molar refractivity (Wildman–Crippen MR) is 119 cm³/mol. The van der Waals surface area contributed by atoms with E-state index in [1.165, 1.54) is 24.9 Å². The number of carbonyl (C=O) groups is 2. The first-order valence-electron chi connectivity index (χ1n) is 9.31. The van der Waals surface area contributed by atoms with E-state index in [0.717, 1.165) is 4.57 Å². The van der Waals surface area contributed by atoms with Gasteiger partial charge in [-0.3, -0.25) is 14.4 Å². The zero-order chi connectivity index (χ0) is 21.7. The van der Waals surface area contributed by atoms with Crippen LogP contribution >= 0.6 is 11.8 Å². The molecule has 0 bridgehead atoms. The number of para-hydroxylation sites is 1. The van der Waals surface area contributed by atoms with Crippen LogP contribution in [-0.2, 0) is 4.79 Å². The molecular weight excluding hydrogens is 404 g/mol. The minimum atomic E-state index is -0.998. The number of hydrogen-bond acceptors (Lipinski definition) is 5. The Morgan fingerprint density at radius 1 is 1.13 bits per heavy atom. The topological polar surface area (TPSA) is 113 Å². The highest BCUT2D eigenvalue weighted by Crippen LogP contribution is 2.17. The molecule has 1 heterocycles. The van der Waals surface area contributed by atoms with Gasteiger partial charge in [-0.15, -0.1) is 0 Å². The number of carbonyl (C=O) groups excluding carboxylic acids is 2. The second-order valence-corrected chi connectivity index (χ2v) is 7.58. The molecule has 0 fully saturated rings. The first kappa shape index (κ1) is 21.4. The summed E-state index contributed by atoms with van der Waals surface area (Å²) in [7, 11) is 1.52. The van der Waals surface area contributed by atoms with Gasteiger partial charge in [0.15, 0.2) is 0 Å². The van der Waals surface area contributed by atoms with E-state index in [0.29, 0.717) is 34.3 Å². The van der Waals surface area contributed by atoms with Crippen molar-refractivity contribution in [2.24, 2.45) is 0 Å². The number of H-pyrrole nitrogens is 1. The molecule has 30 heavy (non-hydrogen) atoms. The van der Waals surface area contributed by atoms with Gasteiger partial charge in [0, 0.05) is 18.3 Å². The van der Waals surface area contributed by atoms with Crippen LogP contribution in [0.5, 0.6) is 0 Å². The van der Waals surface area contributed by atoms with Gasteiger partial charge in [0.05, 0.1) is 10.9 Å². The van der Waals surface area contributed by atoms with Crippen LogP contribution < -0.4 is 21.9 Å². The Hall–Kier alpha value is -3.33. The van der Waals surface area contributed by atoms with E-state index in [1.807, 2.05) is 6.26 Å². The van der Waals surface area contributed by atoms with E-state index in [4.69, 9.17) is 0 Å². The quantitative estimate of drug-likeness (QED) is 0.535. The van der Waals surface area contributed by atoms with Gasteiger partial charge in [-0.2, -0.15) is 11.8 Å². The third-order valence-electron chi connectivity index (χ3n) is 4.67. The maximum Gasteiger partial charge on any atom is 0.329 e. The van der Waals surface area contributed by atoms with E-state index < -0.39 is 23.2 Å². The summed E-state index contributed by atoms with van der Waals surface area (Å²) in [6.45, 7) is 0. The van der Waals surface area contributed by atoms with E-state index in [-0.39, 0.29) is 5.91 Å². The third kappa shape index (κ3) is 4.46. The molecule has 8 nitrogen and oxygen atoms in total. The molecule has 0 spiro atoms. The number of amides is 2. The Morgan fingerprint density at radius 2 is 1.90 bits per heavy atom. The van der Waals surface area contributed by atoms with Crippen LogP contribution in [0.1, 0.15) is 22.8 Å². The van der Waals surface area contributed by atoms with Gasteiger partial charge < -0.3 is 15.6 Å². The van der Waals surface area contributed by atoms with Crippen molar-refractivity contribution in [3.63, 3.8) is 0 Å². The molecule has 2 amide bonds. The van der Waals surface area contributed by atoms with Crippen molar-refractivity contribution in [3.8, 4) is 0 Å². The zero-order valence-electron chi connectivity index (χ0n) is 16.6. The number of benzene rings is 2. The number of thioether (sulfide) groups is 1. The number of anilines is 1. The summed E-state index contributed by atoms with van der Waals surface area (Å²) in [5.74, 6) is -0.206. The lowest BCUT2D eigenvalue weighted by molar-refractivity contribution is -0.119. The van der Waals surface area contributed by atoms with Crippen molar-refractivity contribution in [3.05, 3.63) is 74.9 Å². The lowest BCUT2D eigenvalue weighted by Gasteiger charge is -2.19. The Labute approximate surface area is 176 Å². The number of rotatable bonds is 7. The van der Waals surface area contributed by atoms with Crippen molar-refractivity contribution in [1.82, 2.24) is 14.9 Å². The fourth-order valence-electron chi connectivity index (χ4n) is 3.17. The van der Waals surface area contributed by atoms with Crippen LogP contribution in [0.15, 0.2) is 58.1 Å². The van der Waals surface area contributed by atoms with Gasteiger partial charge in [0.1, 0.15) is 6.04 Å². The molecule has 0 aliphatic heterocycles. The SMILES string of the molecule is CNC(=O)c1cccc(NC(=O)[C@H](CCSC)n2c(=O)[nH]c3ccccc3c2=O)c1. The summed E-state index contributed by atoms with van der Waals surface area (Å²) in [5, 5.41) is 5.59. The van der Waals surface area contributed by atoms with Crippen LogP contribution in [0.3, 0.4) is 0 Å². The fourth-order valence-corrected chi connectivity index (χ4v) is 3.63. The zero-order valence-corrected chi connectivity index (χ0v) is 17.4. The fraction of sp³-hybridized carbons (Fsp3) is 0.238. The number of hydrogen-bond donors (Lipinski definition) is 3. The normalized spacial score (nSPS) is 11.8. The Kier molecular flexibility index (Phi) is 6.73. The van der Waals surface area contributed by atoms with Crippen LogP contribution in [-0.4, -0.2) is 40.4 Å². The molecule has 0 saturated carbocycles. The second-order valence-electron chi connectivity index (χ2n) is 6.60. The molecule has 0 saturated heterocycles. The molecule has 0 radical (unpaired) electrons. The summed E-state index contributed by atoms with van der Waals surface area (Å²) in [5.41, 5.74) is 0.0528. The highest BCUT2D eigenvalue weighted by molar-refractivity contribution is 7.98. The molecule has 0 unspecified atom stereocenters. The van der Waals surface area contributed by atoms with Crippen LogP contribution in [0.4, 0.5) is 5.69 Å². The molecule has 1 atom stereocenters. The molecule has 1 aromatic heterocycles. The Balaban J connectivity index is 2.00. The number of aromatic amines is 1. The summed E-state index contributed by atoms with van der Waals surface area (Å²) in [4.78, 5) is 53.3. The van der Waals surface area contributed by atoms with E-state index in [2.05, 4.69) is 15.6 Å². The first-order valence-corrected chi connectivity index (χ1v) is 10.7. The number of fused-ring (bicyclic) bond motifs is 1. The number of nitrogens with one attached hydrogen (secondary N) is 3.